The van der Waals surface area contributed by atoms with Crippen molar-refractivity contribution >= 4 is 23.3 Å². The molecular weight excluding hydrogens is 268 g/mol. The number of likely N-dealkylation sites (N-methyl/N-ethyl adjacent to an activating group) is 1. The van der Waals surface area contributed by atoms with Gasteiger partial charge < -0.3 is 15.3 Å². The Bertz CT molecular complexity index is 641. The molecule has 0 saturated carbocycles. The van der Waals surface area contributed by atoms with E-state index in [0.29, 0.717) is 5.69 Å². The van der Waals surface area contributed by atoms with Crippen LogP contribution in [0.3, 0.4) is 0 Å². The topological polar surface area (TPSA) is 69.6 Å². The van der Waals surface area contributed by atoms with E-state index in [1.165, 1.54) is 11.0 Å². The molecule has 0 atom stereocenters. The van der Waals surface area contributed by atoms with Gasteiger partial charge in [0.2, 0.25) is 5.91 Å². The molecule has 0 fully saturated rings. The Morgan fingerprint density at radius 1 is 1.05 bits per heavy atom. The third kappa shape index (κ3) is 3.60. The van der Waals surface area contributed by atoms with Crippen molar-refractivity contribution in [1.29, 1.82) is 0 Å². The predicted molar refractivity (Wildman–Crippen MR) is 81.7 cm³/mol. The summed E-state index contributed by atoms with van der Waals surface area (Å²) in [5.41, 5.74) is 1.32. The Balaban J connectivity index is 2.08. The molecule has 0 aromatic heterocycles. The fraction of sp³-hybridized carbons (Fsp3) is 0.125. The van der Waals surface area contributed by atoms with Gasteiger partial charge in [0, 0.05) is 12.7 Å². The van der Waals surface area contributed by atoms with Gasteiger partial charge >= 0.3 is 5.97 Å². The summed E-state index contributed by atoms with van der Waals surface area (Å²) in [6.45, 7) is 0.0917. The number of aromatic carboxylic acids is 1. The first-order valence-electron chi connectivity index (χ1n) is 6.47. The highest BCUT2D eigenvalue weighted by Gasteiger charge is 2.17. The molecular formula is C16H16N2O3. The lowest BCUT2D eigenvalue weighted by Crippen LogP contribution is -2.33. The first-order valence-corrected chi connectivity index (χ1v) is 6.47. The van der Waals surface area contributed by atoms with E-state index in [-0.39, 0.29) is 18.0 Å². The maximum atomic E-state index is 12.2. The zero-order chi connectivity index (χ0) is 15.2. The highest BCUT2D eigenvalue weighted by atomic mass is 16.4. The van der Waals surface area contributed by atoms with Crippen molar-refractivity contribution in [3.05, 3.63) is 60.2 Å². The molecule has 0 bridgehead atoms. The molecule has 2 aromatic rings. The van der Waals surface area contributed by atoms with Crippen LogP contribution < -0.4 is 10.2 Å². The van der Waals surface area contributed by atoms with E-state index < -0.39 is 5.97 Å². The van der Waals surface area contributed by atoms with Gasteiger partial charge in [0.15, 0.2) is 0 Å². The first kappa shape index (κ1) is 14.6. The standard InChI is InChI=1S/C16H16N2O3/c1-18(14-10-6-5-9-13(14)16(20)21)15(19)11-17-12-7-3-2-4-8-12/h2-10,17H,11H2,1H3,(H,20,21). The second-order valence-electron chi connectivity index (χ2n) is 4.49. The largest absolute Gasteiger partial charge is 0.478 e. The summed E-state index contributed by atoms with van der Waals surface area (Å²) in [5.74, 6) is -1.27. The minimum Gasteiger partial charge on any atom is -0.478 e. The van der Waals surface area contributed by atoms with E-state index in [9.17, 15) is 9.59 Å². The molecule has 0 spiro atoms. The number of carbonyl (C=O) groups is 2. The fourth-order valence-corrected chi connectivity index (χ4v) is 1.93. The number of carboxylic acids is 1. The summed E-state index contributed by atoms with van der Waals surface area (Å²) < 4.78 is 0. The van der Waals surface area contributed by atoms with Crippen LogP contribution in [0, 0.1) is 0 Å². The van der Waals surface area contributed by atoms with Crippen molar-refractivity contribution in [2.45, 2.75) is 0 Å². The highest BCUT2D eigenvalue weighted by molar-refractivity contribution is 6.02. The van der Waals surface area contributed by atoms with Crippen molar-refractivity contribution < 1.29 is 14.7 Å². The Morgan fingerprint density at radius 2 is 1.67 bits per heavy atom. The number of hydrogen-bond acceptors (Lipinski definition) is 3. The Morgan fingerprint density at radius 3 is 2.33 bits per heavy atom. The number of para-hydroxylation sites is 2. The molecule has 0 aliphatic heterocycles. The molecule has 0 radical (unpaired) electrons. The third-order valence-corrected chi connectivity index (χ3v) is 3.09. The molecule has 1 amide bonds. The fourth-order valence-electron chi connectivity index (χ4n) is 1.93. The molecule has 0 aliphatic carbocycles. The lowest BCUT2D eigenvalue weighted by molar-refractivity contribution is -0.116. The van der Waals surface area contributed by atoms with E-state index in [1.54, 1.807) is 25.2 Å². The lowest BCUT2D eigenvalue weighted by atomic mass is 10.1. The van der Waals surface area contributed by atoms with Crippen molar-refractivity contribution in [3.63, 3.8) is 0 Å². The number of carbonyl (C=O) groups excluding carboxylic acids is 1. The summed E-state index contributed by atoms with van der Waals surface area (Å²) in [4.78, 5) is 24.7. The van der Waals surface area contributed by atoms with Crippen LogP contribution in [0.2, 0.25) is 0 Å². The second-order valence-corrected chi connectivity index (χ2v) is 4.49. The highest BCUT2D eigenvalue weighted by Crippen LogP contribution is 2.19. The summed E-state index contributed by atoms with van der Waals surface area (Å²) in [6.07, 6.45) is 0. The predicted octanol–water partition coefficient (Wildman–Crippen LogP) is 2.46. The van der Waals surface area contributed by atoms with Crippen LogP contribution in [-0.2, 0) is 4.79 Å². The van der Waals surface area contributed by atoms with Crippen LogP contribution >= 0.6 is 0 Å². The monoisotopic (exact) mass is 284 g/mol. The van der Waals surface area contributed by atoms with Crippen LogP contribution in [-0.4, -0.2) is 30.6 Å². The van der Waals surface area contributed by atoms with Gasteiger partial charge in [-0.3, -0.25) is 4.79 Å². The van der Waals surface area contributed by atoms with Gasteiger partial charge in [-0.2, -0.15) is 0 Å². The Kier molecular flexibility index (Phi) is 4.56. The van der Waals surface area contributed by atoms with Gasteiger partial charge in [-0.1, -0.05) is 30.3 Å². The molecule has 108 valence electrons. The smallest absolute Gasteiger partial charge is 0.337 e. The molecule has 0 heterocycles. The van der Waals surface area contributed by atoms with E-state index in [2.05, 4.69) is 5.32 Å². The van der Waals surface area contributed by atoms with Gasteiger partial charge in [-0.15, -0.1) is 0 Å². The summed E-state index contributed by atoms with van der Waals surface area (Å²) >= 11 is 0. The molecule has 21 heavy (non-hydrogen) atoms. The zero-order valence-corrected chi connectivity index (χ0v) is 11.6. The number of nitrogens with one attached hydrogen (secondary N) is 1. The van der Waals surface area contributed by atoms with Gasteiger partial charge in [-0.05, 0) is 24.3 Å². The SMILES string of the molecule is CN(C(=O)CNc1ccccc1)c1ccccc1C(=O)O. The van der Waals surface area contributed by atoms with Crippen molar-refractivity contribution in [2.75, 3.05) is 23.8 Å². The van der Waals surface area contributed by atoms with Crippen LogP contribution in [0.15, 0.2) is 54.6 Å². The summed E-state index contributed by atoms with van der Waals surface area (Å²) in [6, 6.07) is 15.8. The molecule has 2 rings (SSSR count). The zero-order valence-electron chi connectivity index (χ0n) is 11.6. The minimum absolute atomic E-state index is 0.0917. The second kappa shape index (κ2) is 6.56. The van der Waals surface area contributed by atoms with Crippen LogP contribution in [0.1, 0.15) is 10.4 Å². The van der Waals surface area contributed by atoms with Gasteiger partial charge in [0.1, 0.15) is 0 Å². The molecule has 2 N–H and O–H groups in total. The number of benzene rings is 2. The van der Waals surface area contributed by atoms with Crippen LogP contribution in [0.5, 0.6) is 0 Å². The van der Waals surface area contributed by atoms with E-state index >= 15 is 0 Å². The third-order valence-electron chi connectivity index (χ3n) is 3.09. The first-order chi connectivity index (χ1) is 10.1. The molecule has 5 heteroatoms. The number of nitrogens with zero attached hydrogens (tertiary/aromatic N) is 1. The van der Waals surface area contributed by atoms with Gasteiger partial charge in [0.25, 0.3) is 0 Å². The maximum absolute atomic E-state index is 12.2. The van der Waals surface area contributed by atoms with E-state index in [4.69, 9.17) is 5.11 Å². The minimum atomic E-state index is -1.05. The molecule has 0 saturated heterocycles. The molecule has 0 unspecified atom stereocenters. The van der Waals surface area contributed by atoms with Gasteiger partial charge in [0.05, 0.1) is 17.8 Å². The number of rotatable bonds is 5. The van der Waals surface area contributed by atoms with E-state index in [0.717, 1.165) is 5.69 Å². The van der Waals surface area contributed by atoms with Crippen molar-refractivity contribution in [3.8, 4) is 0 Å². The molecule has 2 aromatic carbocycles. The normalized spacial score (nSPS) is 9.95. The quantitative estimate of drug-likeness (QED) is 0.885. The Labute approximate surface area is 122 Å². The lowest BCUT2D eigenvalue weighted by Gasteiger charge is -2.19. The molecule has 5 nitrogen and oxygen atoms in total. The average Bonchev–Trinajstić information content (AvgIpc) is 2.52. The number of amides is 1. The maximum Gasteiger partial charge on any atom is 0.337 e. The van der Waals surface area contributed by atoms with Gasteiger partial charge in [-0.25, -0.2) is 4.79 Å². The number of carboxylic acid groups (broad SMARTS) is 1. The number of anilines is 2. The average molecular weight is 284 g/mol. The number of hydrogen-bond donors (Lipinski definition) is 2. The molecule has 0 aliphatic rings. The van der Waals surface area contributed by atoms with E-state index in [1.807, 2.05) is 30.3 Å². The van der Waals surface area contributed by atoms with Crippen molar-refractivity contribution in [1.82, 2.24) is 0 Å². The summed E-state index contributed by atoms with van der Waals surface area (Å²) in [7, 11) is 1.57. The van der Waals surface area contributed by atoms with Crippen LogP contribution in [0.25, 0.3) is 0 Å². The summed E-state index contributed by atoms with van der Waals surface area (Å²) in [5, 5.41) is 12.2. The van der Waals surface area contributed by atoms with Crippen LogP contribution in [0.4, 0.5) is 11.4 Å². The van der Waals surface area contributed by atoms with Crippen molar-refractivity contribution in [2.24, 2.45) is 0 Å². The Hall–Kier alpha value is -2.82.